The van der Waals surface area contributed by atoms with Crippen LogP contribution in [0.15, 0.2) is 177 Å². The van der Waals surface area contributed by atoms with E-state index in [-0.39, 0.29) is 0 Å². The van der Waals surface area contributed by atoms with E-state index in [2.05, 4.69) is 190 Å². The summed E-state index contributed by atoms with van der Waals surface area (Å²) >= 11 is 1.85. The Hall–Kier alpha value is -5.52. The van der Waals surface area contributed by atoms with E-state index in [9.17, 15) is 0 Å². The van der Waals surface area contributed by atoms with Gasteiger partial charge >= 0.3 is 0 Å². The van der Waals surface area contributed by atoms with E-state index in [1.54, 1.807) is 0 Å². The van der Waals surface area contributed by atoms with Crippen molar-refractivity contribution < 1.29 is 0 Å². The highest BCUT2D eigenvalue weighted by Gasteiger charge is 2.16. The number of hydrogen-bond acceptors (Lipinski definition) is 4. The van der Waals surface area contributed by atoms with E-state index in [4.69, 9.17) is 0 Å². The van der Waals surface area contributed by atoms with Crippen LogP contribution in [0.5, 0.6) is 0 Å². The fourth-order valence-electron chi connectivity index (χ4n) is 5.84. The summed E-state index contributed by atoms with van der Waals surface area (Å²) in [5.74, 6) is 8.00. The minimum atomic E-state index is 1.01. The molecule has 0 amide bonds. The van der Waals surface area contributed by atoms with Crippen molar-refractivity contribution in [1.82, 2.24) is 0 Å². The first-order chi connectivity index (χ1) is 26.5. The summed E-state index contributed by atoms with van der Waals surface area (Å²) in [5, 5.41) is 2.63. The summed E-state index contributed by atoms with van der Waals surface area (Å²) in [5.41, 5.74) is 10.8. The topological polar surface area (TPSA) is 55.3 Å². The Bertz CT molecular complexity index is 2210. The van der Waals surface area contributed by atoms with Crippen LogP contribution < -0.4 is 16.6 Å². The van der Waals surface area contributed by atoms with Crippen molar-refractivity contribution in [2.24, 2.45) is 11.7 Å². The number of para-hydroxylation sites is 1. The number of nitrogens with two attached hydrogens (primary N) is 2. The lowest BCUT2D eigenvalue weighted by Gasteiger charge is -2.26. The van der Waals surface area contributed by atoms with E-state index in [0.29, 0.717) is 0 Å². The predicted molar refractivity (Wildman–Crippen MR) is 243 cm³/mol. The predicted octanol–water partition coefficient (Wildman–Crippen LogP) is 14.2. The average Bonchev–Trinajstić information content (AvgIpc) is 3.61. The van der Waals surface area contributed by atoms with Gasteiger partial charge in [0.05, 0.1) is 5.69 Å². The first-order valence-electron chi connectivity index (χ1n) is 18.8. The molecule has 0 saturated heterocycles. The van der Waals surface area contributed by atoms with Crippen molar-refractivity contribution in [3.63, 3.8) is 0 Å². The van der Waals surface area contributed by atoms with Crippen molar-refractivity contribution >= 4 is 54.0 Å². The van der Waals surface area contributed by atoms with Crippen LogP contribution in [-0.4, -0.2) is 0 Å². The summed E-state index contributed by atoms with van der Waals surface area (Å²) < 4.78 is 2.65. The van der Waals surface area contributed by atoms with Gasteiger partial charge in [-0.15, -0.1) is 11.3 Å². The molecule has 7 aromatic rings. The van der Waals surface area contributed by atoms with Gasteiger partial charge in [0.25, 0.3) is 0 Å². The summed E-state index contributed by atoms with van der Waals surface area (Å²) in [6.07, 6.45) is 7.74. The first-order valence-corrected chi connectivity index (χ1v) is 19.7. The number of fused-ring (bicyclic) bond motifs is 4. The third-order valence-corrected chi connectivity index (χ3v) is 9.58. The number of anilines is 2. The largest absolute Gasteiger partial charge is 0.317 e. The molecule has 278 valence electrons. The van der Waals surface area contributed by atoms with E-state index in [1.165, 1.54) is 42.4 Å². The van der Waals surface area contributed by atoms with E-state index in [1.807, 2.05) is 63.3 Å². The molecule has 4 heteroatoms. The zero-order chi connectivity index (χ0) is 39.3. The maximum atomic E-state index is 4.45. The van der Waals surface area contributed by atoms with Crippen molar-refractivity contribution in [2.75, 3.05) is 4.90 Å². The fraction of sp³-hybridized carbons (Fsp3) is 0.160. The molecule has 0 unspecified atom stereocenters. The highest BCUT2D eigenvalue weighted by Crippen LogP contribution is 2.39. The number of allylic oxidation sites excluding steroid dienone is 4. The van der Waals surface area contributed by atoms with Gasteiger partial charge in [0.2, 0.25) is 0 Å². The Morgan fingerprint density at radius 1 is 0.593 bits per heavy atom. The molecule has 0 atom stereocenters. The quantitative estimate of drug-likeness (QED) is 0.141. The average molecular weight is 732 g/mol. The van der Waals surface area contributed by atoms with Gasteiger partial charge in [-0.3, -0.25) is 11.7 Å². The van der Waals surface area contributed by atoms with Crippen LogP contribution in [0.3, 0.4) is 0 Å². The molecule has 6 aromatic carbocycles. The zero-order valence-corrected chi connectivity index (χ0v) is 33.9. The van der Waals surface area contributed by atoms with Gasteiger partial charge in [0, 0.05) is 37.6 Å². The molecule has 1 aliphatic rings. The first kappa shape index (κ1) is 42.9. The van der Waals surface area contributed by atoms with Crippen molar-refractivity contribution in [3.8, 4) is 0 Å². The molecule has 1 aliphatic heterocycles. The number of rotatable bonds is 3. The van der Waals surface area contributed by atoms with E-state index >= 15 is 0 Å². The summed E-state index contributed by atoms with van der Waals surface area (Å²) in [6, 6.07) is 53.3. The Balaban J connectivity index is 0.000000307. The Kier molecular flexibility index (Phi) is 18.4. The number of nitrogens with zero attached hydrogens (tertiary/aromatic N) is 1. The normalized spacial score (nSPS) is 12.7. The minimum absolute atomic E-state index is 1.01. The standard InChI is InChI=1S/C31H23NS.C8H10.C7H8.2C2H6.H4N2/c1-21-8-7-9-25(18-21)32-17-16-24(19-22(2)26-10-3-5-12-29(26)32)23-14-15-31-28(20-23)27-11-4-6-13-30(27)33-31;1-2-8-6-4-3-5-7-8;1-7-5-3-2-4-6-7;3*1-2/h3-20H,2H2,1H3;3-7H,2H2,1H3;2-6H,1H3;2*1-2H3;1-2H2/b17-16-,24-19+;;;;;. The molecule has 0 bridgehead atoms. The third-order valence-electron chi connectivity index (χ3n) is 8.42. The molecule has 0 spiro atoms. The molecule has 0 fully saturated rings. The second kappa shape index (κ2) is 23.2. The lowest BCUT2D eigenvalue weighted by molar-refractivity contribution is 1.14. The molecule has 54 heavy (non-hydrogen) atoms. The van der Waals surface area contributed by atoms with Crippen LogP contribution in [0.4, 0.5) is 11.4 Å². The molecule has 0 radical (unpaired) electrons. The second-order valence-corrected chi connectivity index (χ2v) is 13.1. The van der Waals surface area contributed by atoms with Crippen LogP contribution in [0.2, 0.25) is 0 Å². The maximum absolute atomic E-state index is 4.45. The molecular formula is C50H57N3S. The molecule has 2 heterocycles. The van der Waals surface area contributed by atoms with Gasteiger partial charge in [0.1, 0.15) is 0 Å². The molecule has 4 N–H and O–H groups in total. The van der Waals surface area contributed by atoms with Gasteiger partial charge in [-0.2, -0.15) is 0 Å². The van der Waals surface area contributed by atoms with E-state index < -0.39 is 0 Å². The number of benzene rings is 6. The van der Waals surface area contributed by atoms with Crippen LogP contribution >= 0.6 is 11.3 Å². The Morgan fingerprint density at radius 3 is 1.81 bits per heavy atom. The number of thiophene rings is 1. The number of aryl methyl sites for hydroxylation is 3. The molecule has 0 saturated carbocycles. The summed E-state index contributed by atoms with van der Waals surface area (Å²) in [6.45, 7) is 18.8. The molecular weight excluding hydrogens is 675 g/mol. The molecule has 0 aliphatic carbocycles. The second-order valence-electron chi connectivity index (χ2n) is 12.0. The van der Waals surface area contributed by atoms with Crippen LogP contribution in [0, 0.1) is 13.8 Å². The molecule has 8 rings (SSSR count). The number of hydrazine groups is 1. The van der Waals surface area contributed by atoms with Gasteiger partial charge in [-0.05, 0) is 96.7 Å². The Labute approximate surface area is 328 Å². The monoisotopic (exact) mass is 731 g/mol. The third kappa shape index (κ3) is 11.7. The SMILES string of the molecule is C=C1/C=C(c2ccc3sc4ccccc4c3c2)\C=C/N(c2cccc(C)c2)c2ccccc21.CC.CC.CCc1ccccc1.Cc1ccccc1.NN. The minimum Gasteiger partial charge on any atom is -0.317 e. The van der Waals surface area contributed by atoms with E-state index in [0.717, 1.165) is 34.5 Å². The zero-order valence-electron chi connectivity index (χ0n) is 33.1. The lowest BCUT2D eigenvalue weighted by Crippen LogP contribution is -2.11. The van der Waals surface area contributed by atoms with Gasteiger partial charge in [0.15, 0.2) is 0 Å². The van der Waals surface area contributed by atoms with Crippen molar-refractivity contribution in [3.05, 3.63) is 204 Å². The van der Waals surface area contributed by atoms with Gasteiger partial charge in [-0.1, -0.05) is 162 Å². The fourth-order valence-corrected chi connectivity index (χ4v) is 6.93. The summed E-state index contributed by atoms with van der Waals surface area (Å²) in [4.78, 5) is 2.26. The lowest BCUT2D eigenvalue weighted by atomic mass is 9.95. The smallest absolute Gasteiger partial charge is 0.0533 e. The molecule has 3 nitrogen and oxygen atoms in total. The molecule has 1 aromatic heterocycles. The van der Waals surface area contributed by atoms with Gasteiger partial charge < -0.3 is 4.90 Å². The van der Waals surface area contributed by atoms with Crippen molar-refractivity contribution in [2.45, 2.75) is 54.9 Å². The van der Waals surface area contributed by atoms with Gasteiger partial charge in [-0.25, -0.2) is 0 Å². The summed E-state index contributed by atoms with van der Waals surface area (Å²) in [7, 11) is 0. The Morgan fingerprint density at radius 2 is 1.19 bits per heavy atom. The van der Waals surface area contributed by atoms with Crippen molar-refractivity contribution in [1.29, 1.82) is 0 Å². The van der Waals surface area contributed by atoms with Crippen LogP contribution in [-0.2, 0) is 6.42 Å². The number of hydrogen-bond donors (Lipinski definition) is 2. The highest BCUT2D eigenvalue weighted by atomic mass is 32.1. The van der Waals surface area contributed by atoms with Crippen LogP contribution in [0.25, 0.3) is 31.3 Å². The van der Waals surface area contributed by atoms with Crippen LogP contribution in [0.1, 0.15) is 62.4 Å². The highest BCUT2D eigenvalue weighted by molar-refractivity contribution is 7.25. The maximum Gasteiger partial charge on any atom is 0.0533 e.